The summed E-state index contributed by atoms with van der Waals surface area (Å²) in [7, 11) is 0. The molecule has 3 heterocycles. The first-order valence-corrected chi connectivity index (χ1v) is 7.91. The Kier molecular flexibility index (Phi) is 3.54. The van der Waals surface area contributed by atoms with Crippen molar-refractivity contribution in [2.24, 2.45) is 0 Å². The molecule has 23 heavy (non-hydrogen) atoms. The van der Waals surface area contributed by atoms with Crippen LogP contribution in [0.3, 0.4) is 0 Å². The molecule has 1 unspecified atom stereocenters. The Morgan fingerprint density at radius 1 is 1.13 bits per heavy atom. The second-order valence-corrected chi connectivity index (χ2v) is 5.79. The first-order chi connectivity index (χ1) is 11.3. The minimum Gasteiger partial charge on any atom is -0.467 e. The van der Waals surface area contributed by atoms with E-state index in [-0.39, 0.29) is 6.04 Å². The fraction of sp³-hybridized carbons (Fsp3) is 0.278. The van der Waals surface area contributed by atoms with E-state index in [0.717, 1.165) is 47.9 Å². The second-order valence-electron chi connectivity index (χ2n) is 5.79. The van der Waals surface area contributed by atoms with Gasteiger partial charge in [0.1, 0.15) is 11.6 Å². The van der Waals surface area contributed by atoms with E-state index in [4.69, 9.17) is 14.4 Å². The average Bonchev–Trinajstić information content (AvgIpc) is 3.27. The Balaban J connectivity index is 1.72. The predicted octanol–water partition coefficient (Wildman–Crippen LogP) is 3.79. The number of furan rings is 1. The van der Waals surface area contributed by atoms with Gasteiger partial charge in [0.05, 0.1) is 12.3 Å². The maximum absolute atomic E-state index is 5.49. The molecule has 3 aromatic rings. The van der Waals surface area contributed by atoms with Crippen LogP contribution >= 0.6 is 0 Å². The van der Waals surface area contributed by atoms with Crippen molar-refractivity contribution in [2.45, 2.75) is 32.2 Å². The van der Waals surface area contributed by atoms with Gasteiger partial charge in [0.25, 0.3) is 0 Å². The topological polar surface area (TPSA) is 63.8 Å². The first kappa shape index (κ1) is 13.9. The maximum Gasteiger partial charge on any atom is 0.161 e. The Labute approximate surface area is 134 Å². The van der Waals surface area contributed by atoms with Gasteiger partial charge in [-0.3, -0.25) is 4.98 Å². The van der Waals surface area contributed by atoms with E-state index >= 15 is 0 Å². The fourth-order valence-electron chi connectivity index (χ4n) is 3.00. The van der Waals surface area contributed by atoms with Crippen LogP contribution in [0.15, 0.2) is 47.3 Å². The van der Waals surface area contributed by atoms with Crippen LogP contribution in [0.25, 0.3) is 11.4 Å². The van der Waals surface area contributed by atoms with Crippen molar-refractivity contribution in [1.29, 1.82) is 0 Å². The molecule has 0 saturated heterocycles. The lowest BCUT2D eigenvalue weighted by Crippen LogP contribution is -2.11. The SMILES string of the molecule is CC(Nc1nc(-c2ccncc2)nc2c1CCC2)c1ccco1. The number of hydrogen-bond donors (Lipinski definition) is 1. The molecule has 4 rings (SSSR count). The van der Waals surface area contributed by atoms with Crippen LogP contribution < -0.4 is 5.32 Å². The number of fused-ring (bicyclic) bond motifs is 1. The molecule has 0 spiro atoms. The zero-order chi connectivity index (χ0) is 15.6. The molecule has 0 saturated carbocycles. The fourth-order valence-corrected chi connectivity index (χ4v) is 3.00. The summed E-state index contributed by atoms with van der Waals surface area (Å²) in [5, 5.41) is 3.49. The molecule has 0 bridgehead atoms. The van der Waals surface area contributed by atoms with Crippen molar-refractivity contribution in [3.8, 4) is 11.4 Å². The number of aromatic nitrogens is 3. The van der Waals surface area contributed by atoms with Gasteiger partial charge in [-0.25, -0.2) is 9.97 Å². The largest absolute Gasteiger partial charge is 0.467 e. The molecule has 0 aliphatic heterocycles. The van der Waals surface area contributed by atoms with E-state index in [1.165, 1.54) is 5.56 Å². The summed E-state index contributed by atoms with van der Waals surface area (Å²) in [6.07, 6.45) is 8.40. The van der Waals surface area contributed by atoms with Gasteiger partial charge in [0, 0.05) is 29.2 Å². The Morgan fingerprint density at radius 3 is 2.78 bits per heavy atom. The number of nitrogens with zero attached hydrogens (tertiary/aromatic N) is 3. The lowest BCUT2D eigenvalue weighted by Gasteiger charge is -2.16. The monoisotopic (exact) mass is 306 g/mol. The summed E-state index contributed by atoms with van der Waals surface area (Å²) in [5.74, 6) is 2.58. The Hall–Kier alpha value is -2.69. The van der Waals surface area contributed by atoms with Gasteiger partial charge < -0.3 is 9.73 Å². The highest BCUT2D eigenvalue weighted by atomic mass is 16.3. The van der Waals surface area contributed by atoms with Crippen LogP contribution in [0.1, 0.15) is 36.4 Å². The highest BCUT2D eigenvalue weighted by molar-refractivity contribution is 5.60. The standard InChI is InChI=1S/C18H18N4O/c1-12(16-6-3-11-23-16)20-18-14-4-2-5-15(14)21-17(22-18)13-7-9-19-10-8-13/h3,6-12H,2,4-5H2,1H3,(H,20,21,22). The zero-order valence-corrected chi connectivity index (χ0v) is 13.0. The van der Waals surface area contributed by atoms with Gasteiger partial charge in [-0.1, -0.05) is 0 Å². The van der Waals surface area contributed by atoms with Crippen LogP contribution in [0, 0.1) is 0 Å². The van der Waals surface area contributed by atoms with Gasteiger partial charge >= 0.3 is 0 Å². The zero-order valence-electron chi connectivity index (χ0n) is 13.0. The second kappa shape index (κ2) is 5.83. The summed E-state index contributed by atoms with van der Waals surface area (Å²) >= 11 is 0. The molecule has 0 amide bonds. The smallest absolute Gasteiger partial charge is 0.161 e. The van der Waals surface area contributed by atoms with Gasteiger partial charge in [0.15, 0.2) is 5.82 Å². The molecule has 0 radical (unpaired) electrons. The van der Waals surface area contributed by atoms with Gasteiger partial charge in [-0.05, 0) is 50.5 Å². The van der Waals surface area contributed by atoms with E-state index in [0.29, 0.717) is 0 Å². The molecule has 0 fully saturated rings. The quantitative estimate of drug-likeness (QED) is 0.794. The highest BCUT2D eigenvalue weighted by Crippen LogP contribution is 2.31. The van der Waals surface area contributed by atoms with Crippen LogP contribution in [0.5, 0.6) is 0 Å². The Morgan fingerprint density at radius 2 is 2.00 bits per heavy atom. The van der Waals surface area contributed by atoms with Crippen LogP contribution in [0.4, 0.5) is 5.82 Å². The average molecular weight is 306 g/mol. The van der Waals surface area contributed by atoms with Crippen molar-refractivity contribution in [1.82, 2.24) is 15.0 Å². The minimum atomic E-state index is 0.0647. The van der Waals surface area contributed by atoms with E-state index in [9.17, 15) is 0 Å². The summed E-state index contributed by atoms with van der Waals surface area (Å²) in [5.41, 5.74) is 3.38. The third kappa shape index (κ3) is 2.70. The normalized spacial score (nSPS) is 14.5. The number of hydrogen-bond acceptors (Lipinski definition) is 5. The molecule has 1 atom stereocenters. The third-order valence-corrected chi connectivity index (χ3v) is 4.19. The maximum atomic E-state index is 5.49. The highest BCUT2D eigenvalue weighted by Gasteiger charge is 2.21. The van der Waals surface area contributed by atoms with Gasteiger partial charge in [-0.15, -0.1) is 0 Å². The van der Waals surface area contributed by atoms with Crippen molar-refractivity contribution in [3.63, 3.8) is 0 Å². The lowest BCUT2D eigenvalue weighted by atomic mass is 10.2. The van der Waals surface area contributed by atoms with Crippen molar-refractivity contribution in [3.05, 3.63) is 59.9 Å². The summed E-state index contributed by atoms with van der Waals surface area (Å²) in [6, 6.07) is 7.82. The summed E-state index contributed by atoms with van der Waals surface area (Å²) < 4.78 is 5.49. The number of pyridine rings is 1. The molecule has 1 aliphatic rings. The van der Waals surface area contributed by atoms with Gasteiger partial charge in [0.2, 0.25) is 0 Å². The van der Waals surface area contributed by atoms with E-state index in [1.807, 2.05) is 24.3 Å². The molecule has 3 aromatic heterocycles. The number of aryl methyl sites for hydroxylation is 1. The number of nitrogens with one attached hydrogen (secondary N) is 1. The van der Waals surface area contributed by atoms with E-state index in [2.05, 4.69) is 17.2 Å². The van der Waals surface area contributed by atoms with E-state index in [1.54, 1.807) is 18.7 Å². The predicted molar refractivity (Wildman–Crippen MR) is 88.0 cm³/mol. The summed E-state index contributed by atoms with van der Waals surface area (Å²) in [4.78, 5) is 13.6. The number of anilines is 1. The van der Waals surface area contributed by atoms with Crippen LogP contribution in [-0.4, -0.2) is 15.0 Å². The molecule has 1 aliphatic carbocycles. The number of rotatable bonds is 4. The van der Waals surface area contributed by atoms with Crippen LogP contribution in [0.2, 0.25) is 0 Å². The molecule has 116 valence electrons. The molecular weight excluding hydrogens is 288 g/mol. The molecule has 1 N–H and O–H groups in total. The minimum absolute atomic E-state index is 0.0647. The lowest BCUT2D eigenvalue weighted by molar-refractivity contribution is 0.490. The molecule has 5 heteroatoms. The Bertz CT molecular complexity index is 799. The third-order valence-electron chi connectivity index (χ3n) is 4.19. The molecular formula is C18H18N4O. The van der Waals surface area contributed by atoms with Crippen molar-refractivity contribution < 1.29 is 4.42 Å². The van der Waals surface area contributed by atoms with Gasteiger partial charge in [-0.2, -0.15) is 0 Å². The van der Waals surface area contributed by atoms with Crippen molar-refractivity contribution in [2.75, 3.05) is 5.32 Å². The van der Waals surface area contributed by atoms with Crippen LogP contribution in [-0.2, 0) is 12.8 Å². The molecule has 5 nitrogen and oxygen atoms in total. The van der Waals surface area contributed by atoms with Crippen molar-refractivity contribution >= 4 is 5.82 Å². The first-order valence-electron chi connectivity index (χ1n) is 7.91. The van der Waals surface area contributed by atoms with E-state index < -0.39 is 0 Å². The summed E-state index contributed by atoms with van der Waals surface area (Å²) in [6.45, 7) is 2.08. The molecule has 0 aromatic carbocycles.